The zero-order chi connectivity index (χ0) is 18.5. The van der Waals surface area contributed by atoms with Crippen LogP contribution in [-0.4, -0.2) is 42.4 Å². The van der Waals surface area contributed by atoms with Crippen molar-refractivity contribution in [1.82, 2.24) is 10.2 Å². The fourth-order valence-electron chi connectivity index (χ4n) is 2.14. The fraction of sp³-hybridized carbons (Fsp3) is 0.579. The van der Waals surface area contributed by atoms with Gasteiger partial charge < -0.3 is 20.4 Å². The molecule has 2 N–H and O–H groups in total. The Bertz CT molecular complexity index is 559. The minimum absolute atomic E-state index is 0.149. The molecule has 0 heterocycles. The number of carbonyl (C=O) groups is 1. The summed E-state index contributed by atoms with van der Waals surface area (Å²) in [5.74, 6) is 0. The number of benzene rings is 1. The van der Waals surface area contributed by atoms with Gasteiger partial charge in [-0.3, -0.25) is 0 Å². The maximum atomic E-state index is 11.8. The number of hydrogen-bond acceptors (Lipinski definition) is 4. The van der Waals surface area contributed by atoms with Gasteiger partial charge in [0, 0.05) is 18.2 Å². The number of carbonyl (C=O) groups excluding carboxylic acids is 1. The van der Waals surface area contributed by atoms with Gasteiger partial charge in [0.1, 0.15) is 5.60 Å². The van der Waals surface area contributed by atoms with Gasteiger partial charge in [0.25, 0.3) is 0 Å². The summed E-state index contributed by atoms with van der Waals surface area (Å²) in [6.07, 6.45) is 0.282. The van der Waals surface area contributed by atoms with Gasteiger partial charge in [-0.05, 0) is 59.8 Å². The molecule has 134 valence electrons. The number of amides is 1. The molecule has 0 fully saturated rings. The number of alkyl carbamates (subject to hydrolysis) is 1. The Morgan fingerprint density at radius 2 is 1.75 bits per heavy atom. The van der Waals surface area contributed by atoms with Crippen LogP contribution in [0.25, 0.3) is 0 Å². The van der Waals surface area contributed by atoms with Crippen molar-refractivity contribution in [2.45, 2.75) is 58.7 Å². The first-order chi connectivity index (χ1) is 11.0. The van der Waals surface area contributed by atoms with Crippen LogP contribution in [-0.2, 0) is 4.74 Å². The molecule has 0 unspecified atom stereocenters. The fourth-order valence-corrected chi connectivity index (χ4v) is 2.14. The quantitative estimate of drug-likeness (QED) is 0.774. The Labute approximate surface area is 145 Å². The Hall–Kier alpha value is -1.88. The highest BCUT2D eigenvalue weighted by Gasteiger charge is 2.18. The van der Waals surface area contributed by atoms with Crippen LogP contribution in [0.3, 0.4) is 0 Å². The minimum Gasteiger partial charge on any atom is -0.444 e. The van der Waals surface area contributed by atoms with E-state index in [9.17, 15) is 4.79 Å². The van der Waals surface area contributed by atoms with Crippen LogP contribution in [0.1, 0.15) is 58.2 Å². The molecule has 5 nitrogen and oxygen atoms in total. The number of hydrogen-bond donors (Lipinski definition) is 2. The van der Waals surface area contributed by atoms with E-state index in [0.29, 0.717) is 18.2 Å². The van der Waals surface area contributed by atoms with E-state index in [1.165, 1.54) is 0 Å². The first-order valence-electron chi connectivity index (χ1n) is 8.33. The molecule has 1 rings (SSSR count). The lowest BCUT2D eigenvalue weighted by Crippen LogP contribution is -2.34. The van der Waals surface area contributed by atoms with Crippen molar-refractivity contribution < 1.29 is 9.53 Å². The third-order valence-electron chi connectivity index (χ3n) is 3.87. The first kappa shape index (κ1) is 20.2. The Morgan fingerprint density at radius 3 is 2.21 bits per heavy atom. The van der Waals surface area contributed by atoms with E-state index in [4.69, 9.17) is 10.1 Å². The Balaban J connectivity index is 2.66. The molecule has 2 atom stereocenters. The standard InChI is InChI=1S/C19H31N3O2/c1-13(22(6)7)12-17(20)16-10-8-15(9-11-16)14(2)21-18(23)24-19(3,4)5/h8-11,13-14,20H,12H2,1-7H3,(H,21,23)/t13-,14+/m1/s1. The van der Waals surface area contributed by atoms with E-state index >= 15 is 0 Å². The zero-order valence-electron chi connectivity index (χ0n) is 15.9. The van der Waals surface area contributed by atoms with Gasteiger partial charge in [-0.2, -0.15) is 0 Å². The summed E-state index contributed by atoms with van der Waals surface area (Å²) in [6.45, 7) is 9.54. The first-order valence-corrected chi connectivity index (χ1v) is 8.33. The van der Waals surface area contributed by atoms with Gasteiger partial charge in [0.05, 0.1) is 6.04 Å². The second-order valence-electron chi connectivity index (χ2n) is 7.49. The lowest BCUT2D eigenvalue weighted by atomic mass is 10.00. The molecule has 0 saturated carbocycles. The van der Waals surface area contributed by atoms with Crippen LogP contribution in [0.4, 0.5) is 4.79 Å². The maximum absolute atomic E-state index is 11.8. The van der Waals surface area contributed by atoms with Gasteiger partial charge in [0.15, 0.2) is 0 Å². The van der Waals surface area contributed by atoms with Crippen molar-refractivity contribution in [3.05, 3.63) is 35.4 Å². The molecule has 0 spiro atoms. The van der Waals surface area contributed by atoms with Gasteiger partial charge in [-0.25, -0.2) is 4.79 Å². The number of rotatable bonds is 6. The van der Waals surface area contributed by atoms with Crippen molar-refractivity contribution in [1.29, 1.82) is 5.41 Å². The van der Waals surface area contributed by atoms with E-state index in [-0.39, 0.29) is 6.04 Å². The van der Waals surface area contributed by atoms with Crippen molar-refractivity contribution in [3.63, 3.8) is 0 Å². The largest absolute Gasteiger partial charge is 0.444 e. The molecule has 1 amide bonds. The second-order valence-corrected chi connectivity index (χ2v) is 7.49. The summed E-state index contributed by atoms with van der Waals surface area (Å²) in [4.78, 5) is 13.9. The van der Waals surface area contributed by atoms with E-state index in [1.807, 2.05) is 66.1 Å². The third-order valence-corrected chi connectivity index (χ3v) is 3.87. The highest BCUT2D eigenvalue weighted by molar-refractivity contribution is 5.98. The molecule has 5 heteroatoms. The van der Waals surface area contributed by atoms with E-state index < -0.39 is 11.7 Å². The van der Waals surface area contributed by atoms with Crippen LogP contribution in [0.2, 0.25) is 0 Å². The molecule has 0 aliphatic heterocycles. The van der Waals surface area contributed by atoms with Crippen molar-refractivity contribution in [3.8, 4) is 0 Å². The normalized spacial score (nSPS) is 14.2. The molecular formula is C19H31N3O2. The van der Waals surface area contributed by atoms with E-state index in [2.05, 4.69) is 17.1 Å². The Kier molecular flexibility index (Phi) is 6.96. The summed E-state index contributed by atoms with van der Waals surface area (Å²) < 4.78 is 5.27. The lowest BCUT2D eigenvalue weighted by molar-refractivity contribution is 0.0508. The summed E-state index contributed by atoms with van der Waals surface area (Å²) >= 11 is 0. The SMILES string of the molecule is C[C@H](NC(=O)OC(C)(C)C)c1ccc(C(=N)C[C@@H](C)N(C)C)cc1. The topological polar surface area (TPSA) is 65.4 Å². The van der Waals surface area contributed by atoms with Crippen LogP contribution in [0.5, 0.6) is 0 Å². The molecule has 0 radical (unpaired) electrons. The third kappa shape index (κ3) is 6.71. The van der Waals surface area contributed by atoms with Crippen LogP contribution < -0.4 is 5.32 Å². The van der Waals surface area contributed by atoms with Crippen molar-refractivity contribution in [2.75, 3.05) is 14.1 Å². The van der Waals surface area contributed by atoms with Gasteiger partial charge in [-0.15, -0.1) is 0 Å². The molecule has 0 aromatic heterocycles. The summed E-state index contributed by atoms with van der Waals surface area (Å²) in [5, 5.41) is 11.1. The summed E-state index contributed by atoms with van der Waals surface area (Å²) in [7, 11) is 4.04. The second kappa shape index (κ2) is 8.29. The molecule has 0 aliphatic rings. The Morgan fingerprint density at radius 1 is 1.21 bits per heavy atom. The summed E-state index contributed by atoms with van der Waals surface area (Å²) in [6, 6.07) is 7.95. The van der Waals surface area contributed by atoms with Gasteiger partial charge in [0.2, 0.25) is 0 Å². The van der Waals surface area contributed by atoms with Crippen LogP contribution in [0.15, 0.2) is 24.3 Å². The monoisotopic (exact) mass is 333 g/mol. The average Bonchev–Trinajstić information content (AvgIpc) is 2.44. The predicted molar refractivity (Wildman–Crippen MR) is 98.8 cm³/mol. The smallest absolute Gasteiger partial charge is 0.408 e. The van der Waals surface area contributed by atoms with Gasteiger partial charge in [-0.1, -0.05) is 24.3 Å². The molecule has 0 bridgehead atoms. The average molecular weight is 333 g/mol. The van der Waals surface area contributed by atoms with Crippen molar-refractivity contribution >= 4 is 11.8 Å². The molecule has 1 aromatic rings. The molecule has 1 aromatic carbocycles. The maximum Gasteiger partial charge on any atom is 0.408 e. The highest BCUT2D eigenvalue weighted by atomic mass is 16.6. The van der Waals surface area contributed by atoms with E-state index in [0.717, 1.165) is 11.1 Å². The highest BCUT2D eigenvalue weighted by Crippen LogP contribution is 2.16. The molecule has 24 heavy (non-hydrogen) atoms. The van der Waals surface area contributed by atoms with Crippen LogP contribution >= 0.6 is 0 Å². The number of nitrogens with zero attached hydrogens (tertiary/aromatic N) is 1. The zero-order valence-corrected chi connectivity index (χ0v) is 15.9. The van der Waals surface area contributed by atoms with E-state index in [1.54, 1.807) is 0 Å². The minimum atomic E-state index is -0.508. The molecule has 0 aliphatic carbocycles. The van der Waals surface area contributed by atoms with Gasteiger partial charge >= 0.3 is 6.09 Å². The predicted octanol–water partition coefficient (Wildman–Crippen LogP) is 3.98. The molecular weight excluding hydrogens is 302 g/mol. The number of ether oxygens (including phenoxy) is 1. The molecule has 0 saturated heterocycles. The number of nitrogens with one attached hydrogen (secondary N) is 2. The van der Waals surface area contributed by atoms with Crippen LogP contribution in [0, 0.1) is 5.41 Å². The lowest BCUT2D eigenvalue weighted by Gasteiger charge is -2.22. The van der Waals surface area contributed by atoms with Crippen molar-refractivity contribution in [2.24, 2.45) is 0 Å². The summed E-state index contributed by atoms with van der Waals surface area (Å²) in [5.41, 5.74) is 2.01.